The van der Waals surface area contributed by atoms with Crippen LogP contribution in [-0.4, -0.2) is 16.1 Å². The third-order valence-corrected chi connectivity index (χ3v) is 3.38. The molecule has 1 aromatic carbocycles. The normalized spacial score (nSPS) is 11.8. The fourth-order valence-electron chi connectivity index (χ4n) is 1.74. The van der Waals surface area contributed by atoms with Gasteiger partial charge in [-0.3, -0.25) is 0 Å². The molecule has 0 amide bonds. The summed E-state index contributed by atoms with van der Waals surface area (Å²) in [5.41, 5.74) is -1.38. The number of aromatic carboxylic acids is 1. The number of carboxylic acids is 1. The molecule has 19 heavy (non-hydrogen) atoms. The number of rotatable bonds is 1. The van der Waals surface area contributed by atoms with Gasteiger partial charge in [0, 0.05) is 9.86 Å². The highest BCUT2D eigenvalue weighted by molar-refractivity contribution is 9.10. The smallest absolute Gasteiger partial charge is 0.434 e. The first kappa shape index (κ1) is 13.8. The molecule has 0 aliphatic heterocycles. The zero-order valence-corrected chi connectivity index (χ0v) is 11.1. The Kier molecular flexibility index (Phi) is 3.25. The predicted octanol–water partition coefficient (Wildman–Crippen LogP) is 4.02. The van der Waals surface area contributed by atoms with E-state index in [1.165, 1.54) is 6.07 Å². The lowest BCUT2D eigenvalue weighted by molar-refractivity contribution is -0.141. The van der Waals surface area contributed by atoms with Crippen molar-refractivity contribution in [2.24, 2.45) is 0 Å². The second kappa shape index (κ2) is 4.48. The quantitative estimate of drug-likeness (QED) is 0.857. The molecule has 0 saturated carbocycles. The molecule has 2 aromatic rings. The van der Waals surface area contributed by atoms with Gasteiger partial charge in [0.05, 0.1) is 5.52 Å². The molecule has 0 radical (unpaired) electrons. The molecule has 0 saturated heterocycles. The molecule has 0 spiro atoms. The number of benzene rings is 1. The van der Waals surface area contributed by atoms with Crippen molar-refractivity contribution in [2.75, 3.05) is 0 Å². The highest BCUT2D eigenvalue weighted by atomic mass is 79.9. The lowest BCUT2D eigenvalue weighted by Gasteiger charge is -2.13. The van der Waals surface area contributed by atoms with Gasteiger partial charge in [-0.2, -0.15) is 13.2 Å². The summed E-state index contributed by atoms with van der Waals surface area (Å²) in [7, 11) is 0. The molecule has 0 unspecified atom stereocenters. The number of nitrogens with zero attached hydrogens (tertiary/aromatic N) is 1. The number of aryl methyl sites for hydroxylation is 1. The predicted molar refractivity (Wildman–Crippen MR) is 66.1 cm³/mol. The van der Waals surface area contributed by atoms with Gasteiger partial charge in [-0.1, -0.05) is 11.6 Å². The van der Waals surface area contributed by atoms with E-state index >= 15 is 0 Å². The second-order valence-corrected chi connectivity index (χ2v) is 4.77. The van der Waals surface area contributed by atoms with Crippen LogP contribution in [0.15, 0.2) is 22.7 Å². The molecular weight excluding hydrogens is 327 g/mol. The minimum absolute atomic E-state index is 0.0924. The van der Waals surface area contributed by atoms with E-state index in [2.05, 4.69) is 20.9 Å². The first-order chi connectivity index (χ1) is 8.71. The summed E-state index contributed by atoms with van der Waals surface area (Å²) in [6.45, 7) is 1.75. The monoisotopic (exact) mass is 333 g/mol. The highest BCUT2D eigenvalue weighted by Crippen LogP contribution is 2.37. The van der Waals surface area contributed by atoms with Crippen molar-refractivity contribution in [3.8, 4) is 0 Å². The molecule has 2 rings (SSSR count). The number of carbonyl (C=O) groups is 1. The molecule has 0 atom stereocenters. The number of carboxylic acid groups (broad SMARTS) is 1. The number of alkyl halides is 3. The fraction of sp³-hybridized carbons (Fsp3) is 0.167. The van der Waals surface area contributed by atoms with Crippen molar-refractivity contribution in [1.82, 2.24) is 4.98 Å². The molecule has 0 aliphatic rings. The van der Waals surface area contributed by atoms with E-state index in [-0.39, 0.29) is 9.99 Å². The van der Waals surface area contributed by atoms with Gasteiger partial charge >= 0.3 is 12.1 Å². The second-order valence-electron chi connectivity index (χ2n) is 3.97. The summed E-state index contributed by atoms with van der Waals surface area (Å²) < 4.78 is 38.4. The van der Waals surface area contributed by atoms with Crippen molar-refractivity contribution in [1.29, 1.82) is 0 Å². The molecular formula is C12H7BrF3NO2. The zero-order valence-electron chi connectivity index (χ0n) is 9.55. The number of aromatic nitrogens is 1. The topological polar surface area (TPSA) is 50.2 Å². The van der Waals surface area contributed by atoms with Crippen LogP contribution in [0.25, 0.3) is 10.9 Å². The van der Waals surface area contributed by atoms with Crippen LogP contribution in [0.2, 0.25) is 0 Å². The number of hydrogen-bond acceptors (Lipinski definition) is 2. The van der Waals surface area contributed by atoms with Crippen LogP contribution in [-0.2, 0) is 6.18 Å². The SMILES string of the molecule is Cc1ccc2nc(C(F)(F)F)c(C(=O)O)c(Br)c2c1. The summed E-state index contributed by atoms with van der Waals surface area (Å²) in [4.78, 5) is 14.5. The summed E-state index contributed by atoms with van der Waals surface area (Å²) in [5, 5.41) is 9.31. The van der Waals surface area contributed by atoms with Gasteiger partial charge in [0.1, 0.15) is 5.56 Å². The van der Waals surface area contributed by atoms with Crippen LogP contribution >= 0.6 is 15.9 Å². The summed E-state index contributed by atoms with van der Waals surface area (Å²) >= 11 is 2.94. The largest absolute Gasteiger partial charge is 0.478 e. The van der Waals surface area contributed by atoms with Crippen LogP contribution in [0.1, 0.15) is 21.6 Å². The van der Waals surface area contributed by atoms with E-state index in [0.717, 1.165) is 5.56 Å². The van der Waals surface area contributed by atoms with Gasteiger partial charge in [-0.15, -0.1) is 0 Å². The lowest BCUT2D eigenvalue weighted by Crippen LogP contribution is -2.16. The average Bonchev–Trinajstić information content (AvgIpc) is 2.27. The number of pyridine rings is 1. The van der Waals surface area contributed by atoms with E-state index < -0.39 is 23.4 Å². The summed E-state index contributed by atoms with van der Waals surface area (Å²) in [6, 6.07) is 4.62. The van der Waals surface area contributed by atoms with Crippen LogP contribution < -0.4 is 0 Å². The zero-order chi connectivity index (χ0) is 14.4. The van der Waals surface area contributed by atoms with Gasteiger partial charge in [-0.25, -0.2) is 9.78 Å². The average molecular weight is 334 g/mol. The highest BCUT2D eigenvalue weighted by Gasteiger charge is 2.39. The third-order valence-electron chi connectivity index (χ3n) is 2.56. The Hall–Kier alpha value is -1.63. The number of hydrogen-bond donors (Lipinski definition) is 1. The molecule has 1 aromatic heterocycles. The molecule has 0 fully saturated rings. The Labute approximate surface area is 114 Å². The minimum atomic E-state index is -4.82. The Morgan fingerprint density at radius 3 is 2.53 bits per heavy atom. The van der Waals surface area contributed by atoms with E-state index in [9.17, 15) is 18.0 Å². The maximum absolute atomic E-state index is 12.8. The van der Waals surface area contributed by atoms with Gasteiger partial charge in [0.15, 0.2) is 5.69 Å². The van der Waals surface area contributed by atoms with Crippen molar-refractivity contribution in [2.45, 2.75) is 13.1 Å². The fourth-order valence-corrected chi connectivity index (χ4v) is 2.41. The Morgan fingerprint density at radius 1 is 1.37 bits per heavy atom. The molecule has 100 valence electrons. The van der Waals surface area contributed by atoms with Gasteiger partial charge in [0.25, 0.3) is 0 Å². The van der Waals surface area contributed by atoms with Gasteiger partial charge in [-0.05, 0) is 35.0 Å². The van der Waals surface area contributed by atoms with Crippen molar-refractivity contribution < 1.29 is 23.1 Å². The third kappa shape index (κ3) is 2.42. The number of halogens is 4. The standard InChI is InChI=1S/C12H7BrF3NO2/c1-5-2-3-7-6(4-5)9(13)8(11(18)19)10(17-7)12(14,15)16/h2-4H,1H3,(H,18,19). The molecule has 1 N–H and O–H groups in total. The molecule has 7 heteroatoms. The van der Waals surface area contributed by atoms with E-state index in [0.29, 0.717) is 5.39 Å². The van der Waals surface area contributed by atoms with E-state index in [4.69, 9.17) is 5.11 Å². The Bertz CT molecular complexity index is 683. The van der Waals surface area contributed by atoms with Crippen LogP contribution in [0, 0.1) is 6.92 Å². The van der Waals surface area contributed by atoms with Gasteiger partial charge < -0.3 is 5.11 Å². The molecule has 0 aliphatic carbocycles. The molecule has 3 nitrogen and oxygen atoms in total. The van der Waals surface area contributed by atoms with E-state index in [1.807, 2.05) is 0 Å². The maximum atomic E-state index is 12.8. The van der Waals surface area contributed by atoms with Crippen LogP contribution in [0.4, 0.5) is 13.2 Å². The number of fused-ring (bicyclic) bond motifs is 1. The first-order valence-corrected chi connectivity index (χ1v) is 5.91. The van der Waals surface area contributed by atoms with Crippen molar-refractivity contribution in [3.63, 3.8) is 0 Å². The lowest BCUT2D eigenvalue weighted by atomic mass is 10.1. The maximum Gasteiger partial charge on any atom is 0.434 e. The van der Waals surface area contributed by atoms with Gasteiger partial charge in [0.2, 0.25) is 0 Å². The van der Waals surface area contributed by atoms with Crippen molar-refractivity contribution >= 4 is 32.8 Å². The van der Waals surface area contributed by atoms with Crippen LogP contribution in [0.5, 0.6) is 0 Å². The van der Waals surface area contributed by atoms with Crippen molar-refractivity contribution in [3.05, 3.63) is 39.5 Å². The first-order valence-electron chi connectivity index (χ1n) is 5.12. The molecule has 0 bridgehead atoms. The minimum Gasteiger partial charge on any atom is -0.478 e. The van der Waals surface area contributed by atoms with Crippen LogP contribution in [0.3, 0.4) is 0 Å². The molecule has 1 heterocycles. The summed E-state index contributed by atoms with van der Waals surface area (Å²) in [5.74, 6) is -1.67. The Balaban J connectivity index is 2.94. The summed E-state index contributed by atoms with van der Waals surface area (Å²) in [6.07, 6.45) is -4.82. The Morgan fingerprint density at radius 2 is 2.00 bits per heavy atom. The van der Waals surface area contributed by atoms with E-state index in [1.54, 1.807) is 19.1 Å².